The minimum atomic E-state index is 0.810. The summed E-state index contributed by atoms with van der Waals surface area (Å²) < 4.78 is 6.01. The highest BCUT2D eigenvalue weighted by Gasteiger charge is 2.30. The fourth-order valence-electron chi connectivity index (χ4n) is 2.97. The zero-order valence-electron chi connectivity index (χ0n) is 12.2. The van der Waals surface area contributed by atoms with E-state index in [0.717, 1.165) is 40.0 Å². The summed E-state index contributed by atoms with van der Waals surface area (Å²) in [5.41, 5.74) is 7.31. The van der Waals surface area contributed by atoms with Crippen LogP contribution >= 0.6 is 0 Å². The molecule has 0 amide bonds. The smallest absolute Gasteiger partial charge is 0.155 e. The first kappa shape index (κ1) is 12.3. The van der Waals surface area contributed by atoms with E-state index >= 15 is 0 Å². The van der Waals surface area contributed by atoms with Crippen molar-refractivity contribution in [3.8, 4) is 11.5 Å². The van der Waals surface area contributed by atoms with Gasteiger partial charge in [-0.15, -0.1) is 0 Å². The second kappa shape index (κ2) is 4.61. The first-order valence-electron chi connectivity index (χ1n) is 7.51. The van der Waals surface area contributed by atoms with Gasteiger partial charge in [0.2, 0.25) is 0 Å². The molecule has 3 aromatic rings. The summed E-state index contributed by atoms with van der Waals surface area (Å²) in [5.74, 6) is 2.47. The van der Waals surface area contributed by atoms with Gasteiger partial charge in [0.25, 0.3) is 0 Å². The molecule has 2 aliphatic rings. The number of amidine groups is 1. The van der Waals surface area contributed by atoms with E-state index in [4.69, 9.17) is 9.73 Å². The molecule has 3 aromatic carbocycles. The molecule has 0 bridgehead atoms. The minimum Gasteiger partial charge on any atom is -0.453 e. The number of hydrogen-bond acceptors (Lipinski definition) is 4. The molecule has 0 aliphatic carbocycles. The van der Waals surface area contributed by atoms with Gasteiger partial charge in [-0.2, -0.15) is 0 Å². The monoisotopic (exact) mass is 299 g/mol. The molecule has 23 heavy (non-hydrogen) atoms. The van der Waals surface area contributed by atoms with Gasteiger partial charge in [0.1, 0.15) is 11.4 Å². The molecule has 0 aromatic heterocycles. The van der Waals surface area contributed by atoms with Crippen molar-refractivity contribution in [3.63, 3.8) is 0 Å². The van der Waals surface area contributed by atoms with Crippen molar-refractivity contribution in [2.75, 3.05) is 5.01 Å². The third-order valence-electron chi connectivity index (χ3n) is 4.02. The van der Waals surface area contributed by atoms with Crippen LogP contribution in [0.5, 0.6) is 11.5 Å². The summed E-state index contributed by atoms with van der Waals surface area (Å²) >= 11 is 0. The van der Waals surface area contributed by atoms with Crippen LogP contribution in [0.1, 0.15) is 5.56 Å². The minimum absolute atomic E-state index is 0.810. The zero-order chi connectivity index (χ0) is 15.2. The Morgan fingerprint density at radius 1 is 0.783 bits per heavy atom. The van der Waals surface area contributed by atoms with Crippen LogP contribution in [0.3, 0.4) is 0 Å². The average molecular weight is 299 g/mol. The topological polar surface area (TPSA) is 36.9 Å². The summed E-state index contributed by atoms with van der Waals surface area (Å²) in [4.78, 5) is 4.77. The number of aliphatic imine (C=N–C) groups is 1. The molecule has 0 saturated carbocycles. The van der Waals surface area contributed by atoms with E-state index in [9.17, 15) is 0 Å². The molecule has 2 aliphatic heterocycles. The van der Waals surface area contributed by atoms with Crippen molar-refractivity contribution in [1.82, 2.24) is 5.43 Å². The van der Waals surface area contributed by atoms with E-state index in [0.29, 0.717) is 0 Å². The van der Waals surface area contributed by atoms with E-state index in [1.165, 1.54) is 0 Å². The van der Waals surface area contributed by atoms with Crippen LogP contribution in [-0.4, -0.2) is 5.84 Å². The van der Waals surface area contributed by atoms with Crippen LogP contribution in [0.2, 0.25) is 0 Å². The highest BCUT2D eigenvalue weighted by atomic mass is 16.5. The number of rotatable bonds is 1. The summed E-state index contributed by atoms with van der Waals surface area (Å²) in [6, 6.07) is 24.1. The molecule has 0 spiro atoms. The molecular formula is C19H13N3O. The van der Waals surface area contributed by atoms with Gasteiger partial charge in [-0.05, 0) is 24.3 Å². The van der Waals surface area contributed by atoms with E-state index in [1.54, 1.807) is 0 Å². The predicted octanol–water partition coefficient (Wildman–Crippen LogP) is 4.53. The van der Waals surface area contributed by atoms with Crippen molar-refractivity contribution in [1.29, 1.82) is 0 Å². The van der Waals surface area contributed by atoms with Gasteiger partial charge in [-0.25, -0.2) is 10.0 Å². The van der Waals surface area contributed by atoms with Gasteiger partial charge < -0.3 is 4.74 Å². The average Bonchev–Trinajstić information content (AvgIpc) is 2.62. The number of hydrogen-bond donors (Lipinski definition) is 1. The number of nitrogens with one attached hydrogen (secondary N) is 1. The molecule has 0 unspecified atom stereocenters. The Morgan fingerprint density at radius 2 is 1.57 bits per heavy atom. The molecule has 0 radical (unpaired) electrons. The maximum absolute atomic E-state index is 6.01. The molecule has 0 saturated heterocycles. The Kier molecular flexibility index (Phi) is 2.46. The first-order chi connectivity index (χ1) is 11.4. The van der Waals surface area contributed by atoms with Gasteiger partial charge in [-0.1, -0.05) is 48.5 Å². The van der Waals surface area contributed by atoms with Gasteiger partial charge in [-0.3, -0.25) is 5.43 Å². The summed E-state index contributed by atoms with van der Waals surface area (Å²) in [6.07, 6.45) is 0. The number of para-hydroxylation sites is 3. The standard InChI is InChI=1S/C19H13N3O/c1-2-7-13(8-3-1)19-20-14-9-6-12-17-18(14)22(21-19)15-10-4-5-11-16(15)23-17/h1-12H,(H,20,21). The van der Waals surface area contributed by atoms with Crippen molar-refractivity contribution < 1.29 is 4.74 Å². The number of benzene rings is 3. The second-order valence-electron chi connectivity index (χ2n) is 5.47. The first-order valence-corrected chi connectivity index (χ1v) is 7.51. The lowest BCUT2D eigenvalue weighted by Gasteiger charge is -2.36. The van der Waals surface area contributed by atoms with E-state index in [1.807, 2.05) is 72.8 Å². The number of nitrogens with zero attached hydrogens (tertiary/aromatic N) is 2. The Bertz CT molecular complexity index is 934. The Labute approximate surface area is 133 Å². The summed E-state index contributed by atoms with van der Waals surface area (Å²) in [6.45, 7) is 0. The molecule has 4 nitrogen and oxygen atoms in total. The maximum Gasteiger partial charge on any atom is 0.155 e. The predicted molar refractivity (Wildman–Crippen MR) is 90.9 cm³/mol. The van der Waals surface area contributed by atoms with Crippen molar-refractivity contribution >= 4 is 22.9 Å². The van der Waals surface area contributed by atoms with Gasteiger partial charge in [0.05, 0.1) is 5.69 Å². The largest absolute Gasteiger partial charge is 0.453 e. The van der Waals surface area contributed by atoms with E-state index in [-0.39, 0.29) is 0 Å². The van der Waals surface area contributed by atoms with Gasteiger partial charge in [0.15, 0.2) is 17.3 Å². The second-order valence-corrected chi connectivity index (χ2v) is 5.47. The molecule has 5 rings (SSSR count). The summed E-state index contributed by atoms with van der Waals surface area (Å²) in [7, 11) is 0. The third kappa shape index (κ3) is 1.82. The van der Waals surface area contributed by atoms with Gasteiger partial charge in [0, 0.05) is 5.56 Å². The van der Waals surface area contributed by atoms with Crippen LogP contribution in [0.4, 0.5) is 17.1 Å². The maximum atomic E-state index is 6.01. The van der Waals surface area contributed by atoms with Crippen LogP contribution in [0.25, 0.3) is 0 Å². The Morgan fingerprint density at radius 3 is 2.48 bits per heavy atom. The lowest BCUT2D eigenvalue weighted by Crippen LogP contribution is -2.42. The number of fused-ring (bicyclic) bond motifs is 2. The Hall–Kier alpha value is -3.27. The summed E-state index contributed by atoms with van der Waals surface area (Å²) in [5, 5.41) is 2.05. The van der Waals surface area contributed by atoms with Crippen molar-refractivity contribution in [2.24, 2.45) is 4.99 Å². The molecular weight excluding hydrogens is 286 g/mol. The van der Waals surface area contributed by atoms with Gasteiger partial charge >= 0.3 is 0 Å². The fraction of sp³-hybridized carbons (Fsp3) is 0. The SMILES string of the molecule is c1ccc(C2=Nc3cccc4c3N(N2)c2ccccc2O4)cc1. The third-order valence-corrected chi connectivity index (χ3v) is 4.02. The van der Waals surface area contributed by atoms with Crippen LogP contribution in [-0.2, 0) is 0 Å². The van der Waals surface area contributed by atoms with E-state index in [2.05, 4.69) is 10.4 Å². The van der Waals surface area contributed by atoms with Crippen LogP contribution in [0.15, 0.2) is 77.8 Å². The number of anilines is 2. The molecule has 4 heteroatoms. The lowest BCUT2D eigenvalue weighted by atomic mass is 10.1. The molecule has 110 valence electrons. The lowest BCUT2D eigenvalue weighted by molar-refractivity contribution is 0.471. The highest BCUT2D eigenvalue weighted by Crippen LogP contribution is 2.50. The quantitative estimate of drug-likeness (QED) is 0.717. The normalized spacial score (nSPS) is 14.1. The van der Waals surface area contributed by atoms with Crippen LogP contribution < -0.4 is 15.2 Å². The highest BCUT2D eigenvalue weighted by molar-refractivity contribution is 6.06. The molecule has 1 N–H and O–H groups in total. The fourth-order valence-corrected chi connectivity index (χ4v) is 2.97. The molecule has 0 fully saturated rings. The van der Waals surface area contributed by atoms with E-state index < -0.39 is 0 Å². The zero-order valence-corrected chi connectivity index (χ0v) is 12.2. The Balaban J connectivity index is 1.73. The molecule has 0 atom stereocenters. The molecule has 2 heterocycles. The number of ether oxygens (including phenoxy) is 1. The number of hydrazine groups is 1. The van der Waals surface area contributed by atoms with Crippen LogP contribution in [0, 0.1) is 0 Å². The van der Waals surface area contributed by atoms with Crippen molar-refractivity contribution in [3.05, 3.63) is 78.4 Å². The van der Waals surface area contributed by atoms with Crippen molar-refractivity contribution in [2.45, 2.75) is 0 Å².